The number of benzene rings is 1. The Labute approximate surface area is 175 Å². The van der Waals surface area contributed by atoms with Crippen LogP contribution in [-0.2, 0) is 27.4 Å². The highest BCUT2D eigenvalue weighted by atomic mass is 16.5. The Morgan fingerprint density at radius 3 is 2.90 bits per heavy atom. The van der Waals surface area contributed by atoms with E-state index in [2.05, 4.69) is 10.3 Å². The second kappa shape index (κ2) is 8.28. The second-order valence-electron chi connectivity index (χ2n) is 7.66. The van der Waals surface area contributed by atoms with Crippen LogP contribution in [0.3, 0.4) is 0 Å². The molecule has 0 bridgehead atoms. The maximum atomic E-state index is 12.8. The van der Waals surface area contributed by atoms with Gasteiger partial charge in [-0.05, 0) is 38.0 Å². The zero-order valence-electron chi connectivity index (χ0n) is 17.4. The normalized spacial score (nSPS) is 14.7. The van der Waals surface area contributed by atoms with Crippen LogP contribution < -0.4 is 5.32 Å². The standard InChI is InChI=1S/C23H25N3O4/c1-14-18-6-4-5-7-19(18)30-22(14)15(2)26(3)21(28)9-8-16-10-17-12-29-13-20(27)25-23(17)24-11-16/h4-7,10-11,15H,8-9,12-13H2,1-3H3,(H,24,25,27)/t15-/m1/s1. The summed E-state index contributed by atoms with van der Waals surface area (Å²) < 4.78 is 11.4. The van der Waals surface area contributed by atoms with Gasteiger partial charge < -0.3 is 19.4 Å². The van der Waals surface area contributed by atoms with Crippen molar-refractivity contribution in [1.29, 1.82) is 0 Å². The topological polar surface area (TPSA) is 84.7 Å². The van der Waals surface area contributed by atoms with Crippen molar-refractivity contribution >= 4 is 28.6 Å². The first-order valence-electron chi connectivity index (χ1n) is 10.0. The van der Waals surface area contributed by atoms with Crippen LogP contribution in [0.1, 0.15) is 41.8 Å². The quantitative estimate of drug-likeness (QED) is 0.696. The summed E-state index contributed by atoms with van der Waals surface area (Å²) in [5.74, 6) is 1.16. The second-order valence-corrected chi connectivity index (χ2v) is 7.66. The van der Waals surface area contributed by atoms with Crippen LogP contribution in [0.5, 0.6) is 0 Å². The van der Waals surface area contributed by atoms with Crippen LogP contribution in [0, 0.1) is 6.92 Å². The number of anilines is 1. The lowest BCUT2D eigenvalue weighted by molar-refractivity contribution is -0.132. The van der Waals surface area contributed by atoms with Crippen molar-refractivity contribution in [2.24, 2.45) is 0 Å². The Bertz CT molecular complexity index is 1110. The number of fused-ring (bicyclic) bond motifs is 2. The van der Waals surface area contributed by atoms with Gasteiger partial charge in [0.2, 0.25) is 5.91 Å². The molecule has 2 amide bonds. The predicted molar refractivity (Wildman–Crippen MR) is 113 cm³/mol. The molecular formula is C23H25N3O4. The van der Waals surface area contributed by atoms with E-state index in [9.17, 15) is 9.59 Å². The smallest absolute Gasteiger partial charge is 0.251 e. The number of rotatable bonds is 5. The van der Waals surface area contributed by atoms with Crippen LogP contribution in [-0.4, -0.2) is 35.4 Å². The number of hydrogen-bond donors (Lipinski definition) is 1. The summed E-state index contributed by atoms with van der Waals surface area (Å²) in [6.45, 7) is 4.35. The van der Waals surface area contributed by atoms with Gasteiger partial charge in [-0.2, -0.15) is 0 Å². The summed E-state index contributed by atoms with van der Waals surface area (Å²) in [6, 6.07) is 9.67. The van der Waals surface area contributed by atoms with Crippen molar-refractivity contribution in [2.75, 3.05) is 19.0 Å². The lowest BCUT2D eigenvalue weighted by Gasteiger charge is -2.24. The van der Waals surface area contributed by atoms with Crippen molar-refractivity contribution < 1.29 is 18.7 Å². The summed E-state index contributed by atoms with van der Waals surface area (Å²) in [5.41, 5.74) is 3.66. The van der Waals surface area contributed by atoms with Crippen molar-refractivity contribution in [2.45, 2.75) is 39.3 Å². The molecule has 4 rings (SSSR count). The highest BCUT2D eigenvalue weighted by Crippen LogP contribution is 2.32. The largest absolute Gasteiger partial charge is 0.459 e. The first-order valence-corrected chi connectivity index (χ1v) is 10.0. The summed E-state index contributed by atoms with van der Waals surface area (Å²) >= 11 is 0. The summed E-state index contributed by atoms with van der Waals surface area (Å²) in [4.78, 5) is 30.4. The minimum absolute atomic E-state index is 0.0219. The van der Waals surface area contributed by atoms with Gasteiger partial charge in [0.05, 0.1) is 12.6 Å². The molecule has 156 valence electrons. The first kappa shape index (κ1) is 20.1. The van der Waals surface area contributed by atoms with Crippen molar-refractivity contribution in [3.63, 3.8) is 0 Å². The molecule has 7 nitrogen and oxygen atoms in total. The number of pyridine rings is 1. The zero-order valence-corrected chi connectivity index (χ0v) is 17.4. The molecule has 0 saturated heterocycles. The molecule has 0 saturated carbocycles. The third kappa shape index (κ3) is 3.93. The van der Waals surface area contributed by atoms with E-state index in [1.807, 2.05) is 44.2 Å². The highest BCUT2D eigenvalue weighted by molar-refractivity contribution is 5.92. The van der Waals surface area contributed by atoms with Gasteiger partial charge >= 0.3 is 0 Å². The number of nitrogens with one attached hydrogen (secondary N) is 1. The minimum atomic E-state index is -0.208. The van der Waals surface area contributed by atoms with E-state index < -0.39 is 0 Å². The highest BCUT2D eigenvalue weighted by Gasteiger charge is 2.23. The molecule has 0 spiro atoms. The molecule has 1 aliphatic heterocycles. The average molecular weight is 407 g/mol. The molecule has 1 aromatic carbocycles. The summed E-state index contributed by atoms with van der Waals surface area (Å²) in [5, 5.41) is 3.80. The maximum Gasteiger partial charge on any atom is 0.251 e. The molecule has 1 aliphatic rings. The number of aryl methyl sites for hydroxylation is 2. The number of aromatic nitrogens is 1. The molecule has 0 aliphatic carbocycles. The molecule has 1 N–H and O–H groups in total. The third-order valence-corrected chi connectivity index (χ3v) is 5.63. The minimum Gasteiger partial charge on any atom is -0.459 e. The van der Waals surface area contributed by atoms with Gasteiger partial charge in [0.15, 0.2) is 0 Å². The van der Waals surface area contributed by atoms with Gasteiger partial charge in [-0.3, -0.25) is 9.59 Å². The molecule has 0 radical (unpaired) electrons. The van der Waals surface area contributed by atoms with E-state index in [-0.39, 0.29) is 24.5 Å². The van der Waals surface area contributed by atoms with E-state index in [4.69, 9.17) is 9.15 Å². The van der Waals surface area contributed by atoms with E-state index in [1.54, 1.807) is 18.1 Å². The van der Waals surface area contributed by atoms with E-state index in [0.29, 0.717) is 25.3 Å². The van der Waals surface area contributed by atoms with Crippen LogP contribution in [0.15, 0.2) is 40.9 Å². The zero-order chi connectivity index (χ0) is 21.3. The number of furan rings is 1. The number of ether oxygens (including phenoxy) is 1. The Balaban J connectivity index is 1.43. The van der Waals surface area contributed by atoms with Crippen molar-refractivity contribution in [3.8, 4) is 0 Å². The Kier molecular flexibility index (Phi) is 5.55. The fraction of sp³-hybridized carbons (Fsp3) is 0.348. The van der Waals surface area contributed by atoms with Gasteiger partial charge in [0, 0.05) is 36.2 Å². The number of para-hydroxylation sites is 1. The summed E-state index contributed by atoms with van der Waals surface area (Å²) in [7, 11) is 1.80. The predicted octanol–water partition coefficient (Wildman–Crippen LogP) is 3.76. The van der Waals surface area contributed by atoms with Gasteiger partial charge in [0.1, 0.15) is 23.8 Å². The van der Waals surface area contributed by atoms with Crippen LogP contribution >= 0.6 is 0 Å². The molecule has 1 atom stereocenters. The molecular weight excluding hydrogens is 382 g/mol. The fourth-order valence-electron chi connectivity index (χ4n) is 3.75. The van der Waals surface area contributed by atoms with Crippen LogP contribution in [0.4, 0.5) is 5.82 Å². The van der Waals surface area contributed by atoms with Gasteiger partial charge in [-0.1, -0.05) is 18.2 Å². The maximum absolute atomic E-state index is 12.8. The lowest BCUT2D eigenvalue weighted by atomic mass is 10.1. The van der Waals surface area contributed by atoms with Gasteiger partial charge in [-0.15, -0.1) is 0 Å². The van der Waals surface area contributed by atoms with E-state index in [1.165, 1.54) is 0 Å². The molecule has 3 aromatic rings. The number of carbonyl (C=O) groups is 2. The Hall–Kier alpha value is -3.19. The van der Waals surface area contributed by atoms with Crippen molar-refractivity contribution in [3.05, 3.63) is 59.0 Å². The lowest BCUT2D eigenvalue weighted by Crippen LogP contribution is -2.30. The number of hydrogen-bond acceptors (Lipinski definition) is 5. The molecule has 0 fully saturated rings. The number of amides is 2. The first-order chi connectivity index (χ1) is 14.4. The Morgan fingerprint density at radius 2 is 2.10 bits per heavy atom. The molecule has 7 heteroatoms. The van der Waals surface area contributed by atoms with Gasteiger partial charge in [-0.25, -0.2) is 4.98 Å². The van der Waals surface area contributed by atoms with E-state index in [0.717, 1.165) is 33.4 Å². The van der Waals surface area contributed by atoms with Crippen LogP contribution in [0.2, 0.25) is 0 Å². The molecule has 30 heavy (non-hydrogen) atoms. The van der Waals surface area contributed by atoms with E-state index >= 15 is 0 Å². The molecule has 0 unspecified atom stereocenters. The molecule has 2 aromatic heterocycles. The number of carbonyl (C=O) groups excluding carboxylic acids is 2. The van der Waals surface area contributed by atoms with Gasteiger partial charge in [0.25, 0.3) is 5.91 Å². The summed E-state index contributed by atoms with van der Waals surface area (Å²) in [6.07, 6.45) is 2.61. The third-order valence-electron chi connectivity index (χ3n) is 5.63. The molecule has 3 heterocycles. The average Bonchev–Trinajstić information content (AvgIpc) is 2.96. The van der Waals surface area contributed by atoms with Crippen molar-refractivity contribution in [1.82, 2.24) is 9.88 Å². The fourth-order valence-corrected chi connectivity index (χ4v) is 3.75. The Morgan fingerprint density at radius 1 is 1.30 bits per heavy atom. The number of nitrogens with zero attached hydrogens (tertiary/aromatic N) is 2. The van der Waals surface area contributed by atoms with Crippen LogP contribution in [0.25, 0.3) is 11.0 Å². The SMILES string of the molecule is Cc1c([C@@H](C)N(C)C(=O)CCc2cnc3c(c2)COCC(=O)N3)oc2ccccc12. The monoisotopic (exact) mass is 407 g/mol.